The van der Waals surface area contributed by atoms with E-state index in [1.807, 2.05) is 62.4 Å². The lowest BCUT2D eigenvalue weighted by molar-refractivity contribution is -0.116. The fourth-order valence-electron chi connectivity index (χ4n) is 3.56. The zero-order valence-electron chi connectivity index (χ0n) is 17.4. The molecule has 0 bridgehead atoms. The van der Waals surface area contributed by atoms with Gasteiger partial charge < -0.3 is 4.90 Å². The summed E-state index contributed by atoms with van der Waals surface area (Å²) in [5, 5.41) is 11.4. The Labute approximate surface area is 185 Å². The molecule has 0 aliphatic carbocycles. The van der Waals surface area contributed by atoms with Crippen LogP contribution in [-0.2, 0) is 4.79 Å². The average Bonchev–Trinajstić information content (AvgIpc) is 2.80. The van der Waals surface area contributed by atoms with E-state index in [-0.39, 0.29) is 17.5 Å². The number of nitrogens with zero attached hydrogens (tertiary/aromatic N) is 3. The van der Waals surface area contributed by atoms with Gasteiger partial charge in [-0.2, -0.15) is 0 Å². The minimum Gasteiger partial charge on any atom is -0.312 e. The topological polar surface area (TPSA) is 46.1 Å². The summed E-state index contributed by atoms with van der Waals surface area (Å²) in [5.41, 5.74) is 3.49. The first-order valence-electron chi connectivity index (χ1n) is 10.1. The minimum absolute atomic E-state index is 0.0234. The molecule has 0 atom stereocenters. The van der Waals surface area contributed by atoms with Gasteiger partial charge in [0, 0.05) is 28.6 Å². The number of amides is 1. The van der Waals surface area contributed by atoms with Gasteiger partial charge in [-0.15, -0.1) is 10.2 Å². The van der Waals surface area contributed by atoms with Crippen LogP contribution in [0.15, 0.2) is 77.8 Å². The number of benzene rings is 3. The summed E-state index contributed by atoms with van der Waals surface area (Å²) in [6.45, 7) is 4.58. The third kappa shape index (κ3) is 4.44. The van der Waals surface area contributed by atoms with E-state index in [2.05, 4.69) is 10.2 Å². The fraction of sp³-hybridized carbons (Fsp3) is 0.160. The highest BCUT2D eigenvalue weighted by molar-refractivity contribution is 8.00. The van der Waals surface area contributed by atoms with E-state index in [0.717, 1.165) is 27.6 Å². The number of fused-ring (bicyclic) bond motifs is 1. The predicted octanol–water partition coefficient (Wildman–Crippen LogP) is 5.89. The lowest BCUT2D eigenvalue weighted by Crippen LogP contribution is -2.32. The molecule has 4 nitrogen and oxygen atoms in total. The molecule has 0 fully saturated rings. The Morgan fingerprint density at radius 2 is 1.61 bits per heavy atom. The van der Waals surface area contributed by atoms with E-state index in [9.17, 15) is 9.18 Å². The van der Waals surface area contributed by atoms with Crippen molar-refractivity contribution in [3.63, 3.8) is 0 Å². The third-order valence-electron chi connectivity index (χ3n) is 5.13. The van der Waals surface area contributed by atoms with Crippen LogP contribution in [0.1, 0.15) is 12.5 Å². The van der Waals surface area contributed by atoms with Crippen molar-refractivity contribution < 1.29 is 9.18 Å². The molecule has 6 heteroatoms. The van der Waals surface area contributed by atoms with Gasteiger partial charge in [0.05, 0.1) is 5.75 Å². The summed E-state index contributed by atoms with van der Waals surface area (Å²) in [6.07, 6.45) is 0. The summed E-state index contributed by atoms with van der Waals surface area (Å²) in [4.78, 5) is 14.8. The monoisotopic (exact) mass is 431 g/mol. The van der Waals surface area contributed by atoms with Crippen molar-refractivity contribution in [2.75, 3.05) is 17.2 Å². The molecule has 0 radical (unpaired) electrons. The Hall–Kier alpha value is -3.25. The quantitative estimate of drug-likeness (QED) is 0.357. The van der Waals surface area contributed by atoms with E-state index in [0.29, 0.717) is 17.3 Å². The molecule has 0 saturated heterocycles. The summed E-state index contributed by atoms with van der Waals surface area (Å²) in [6, 6.07) is 21.9. The second kappa shape index (κ2) is 9.27. The molecule has 0 aliphatic heterocycles. The number of rotatable bonds is 6. The summed E-state index contributed by atoms with van der Waals surface area (Å²) >= 11 is 1.38. The zero-order chi connectivity index (χ0) is 21.8. The second-order valence-corrected chi connectivity index (χ2v) is 8.08. The normalized spacial score (nSPS) is 10.9. The van der Waals surface area contributed by atoms with Gasteiger partial charge >= 0.3 is 0 Å². The van der Waals surface area contributed by atoms with Crippen LogP contribution in [0.25, 0.3) is 22.0 Å². The van der Waals surface area contributed by atoms with Crippen LogP contribution in [0.5, 0.6) is 0 Å². The van der Waals surface area contributed by atoms with Crippen molar-refractivity contribution in [3.05, 3.63) is 84.2 Å². The van der Waals surface area contributed by atoms with Crippen LogP contribution in [0.2, 0.25) is 0 Å². The van der Waals surface area contributed by atoms with E-state index in [1.165, 1.54) is 23.9 Å². The Morgan fingerprint density at radius 3 is 2.32 bits per heavy atom. The number of anilines is 1. The van der Waals surface area contributed by atoms with E-state index in [4.69, 9.17) is 0 Å². The van der Waals surface area contributed by atoms with Crippen molar-refractivity contribution >= 4 is 34.1 Å². The Bertz CT molecular complexity index is 1230. The molecular weight excluding hydrogens is 409 g/mol. The van der Waals surface area contributed by atoms with Crippen LogP contribution in [0.4, 0.5) is 10.1 Å². The number of thioether (sulfide) groups is 1. The molecule has 4 aromatic rings. The van der Waals surface area contributed by atoms with Gasteiger partial charge in [0.2, 0.25) is 5.91 Å². The molecular formula is C25H22FN3OS. The van der Waals surface area contributed by atoms with Crippen molar-refractivity contribution in [1.82, 2.24) is 10.2 Å². The number of hydrogen-bond acceptors (Lipinski definition) is 4. The van der Waals surface area contributed by atoms with Crippen LogP contribution < -0.4 is 4.90 Å². The Morgan fingerprint density at radius 1 is 0.935 bits per heavy atom. The van der Waals surface area contributed by atoms with Crippen LogP contribution in [0, 0.1) is 12.7 Å². The highest BCUT2D eigenvalue weighted by Crippen LogP contribution is 2.32. The van der Waals surface area contributed by atoms with Gasteiger partial charge in [-0.05, 0) is 49.7 Å². The molecule has 1 amide bonds. The Kier molecular flexibility index (Phi) is 6.28. The van der Waals surface area contributed by atoms with Gasteiger partial charge in [-0.1, -0.05) is 54.2 Å². The Balaban J connectivity index is 1.61. The highest BCUT2D eigenvalue weighted by atomic mass is 32.2. The average molecular weight is 432 g/mol. The van der Waals surface area contributed by atoms with E-state index in [1.54, 1.807) is 17.0 Å². The highest BCUT2D eigenvalue weighted by Gasteiger charge is 2.18. The summed E-state index contributed by atoms with van der Waals surface area (Å²) < 4.78 is 13.3. The number of aromatic nitrogens is 2. The first-order valence-corrected chi connectivity index (χ1v) is 11.1. The van der Waals surface area contributed by atoms with Gasteiger partial charge in [0.1, 0.15) is 16.5 Å². The maximum atomic E-state index is 13.3. The fourth-order valence-corrected chi connectivity index (χ4v) is 4.41. The number of carbonyl (C=O) groups is 1. The number of para-hydroxylation sites is 1. The maximum Gasteiger partial charge on any atom is 0.237 e. The van der Waals surface area contributed by atoms with Crippen molar-refractivity contribution in [3.8, 4) is 11.3 Å². The number of aryl methyl sites for hydroxylation is 1. The van der Waals surface area contributed by atoms with Crippen LogP contribution >= 0.6 is 11.8 Å². The molecule has 3 aromatic carbocycles. The molecule has 31 heavy (non-hydrogen) atoms. The first kappa shape index (κ1) is 21.0. The maximum absolute atomic E-state index is 13.3. The van der Waals surface area contributed by atoms with Crippen LogP contribution in [0.3, 0.4) is 0 Å². The molecule has 1 heterocycles. The molecule has 0 unspecified atom stereocenters. The summed E-state index contributed by atoms with van der Waals surface area (Å²) in [7, 11) is 0. The SMILES string of the molecule is CCN(C(=O)CSc1nnc(-c2ccc(F)cc2)c2ccccc12)c1ccccc1C. The molecule has 0 spiro atoms. The largest absolute Gasteiger partial charge is 0.312 e. The van der Waals surface area contributed by atoms with Gasteiger partial charge in [-0.3, -0.25) is 4.79 Å². The third-order valence-corrected chi connectivity index (χ3v) is 6.09. The lowest BCUT2D eigenvalue weighted by Gasteiger charge is -2.22. The zero-order valence-corrected chi connectivity index (χ0v) is 18.2. The molecule has 1 aromatic heterocycles. The van der Waals surface area contributed by atoms with Gasteiger partial charge in [0.25, 0.3) is 0 Å². The number of hydrogen-bond donors (Lipinski definition) is 0. The van der Waals surface area contributed by atoms with E-state index >= 15 is 0 Å². The number of carbonyl (C=O) groups excluding carboxylic acids is 1. The molecule has 4 rings (SSSR count). The number of halogens is 1. The standard InChI is InChI=1S/C25H22FN3OS/c1-3-29(22-11-7-4-8-17(22)2)23(30)16-31-25-21-10-6-5-9-20(21)24(27-28-25)18-12-14-19(26)15-13-18/h4-15H,3,16H2,1-2H3. The van der Waals surface area contributed by atoms with Crippen molar-refractivity contribution in [2.45, 2.75) is 18.9 Å². The molecule has 156 valence electrons. The first-order chi connectivity index (χ1) is 15.1. The minimum atomic E-state index is -0.291. The van der Waals surface area contributed by atoms with Crippen molar-refractivity contribution in [1.29, 1.82) is 0 Å². The molecule has 0 saturated carbocycles. The second-order valence-electron chi connectivity index (χ2n) is 7.12. The van der Waals surface area contributed by atoms with Crippen LogP contribution in [-0.4, -0.2) is 28.4 Å². The van der Waals surface area contributed by atoms with Gasteiger partial charge in [-0.25, -0.2) is 4.39 Å². The summed E-state index contributed by atoms with van der Waals surface area (Å²) in [5.74, 6) is -0.00682. The smallest absolute Gasteiger partial charge is 0.237 e. The lowest BCUT2D eigenvalue weighted by atomic mass is 10.1. The van der Waals surface area contributed by atoms with Gasteiger partial charge in [0.15, 0.2) is 0 Å². The molecule has 0 aliphatic rings. The molecule has 0 N–H and O–H groups in total. The van der Waals surface area contributed by atoms with E-state index < -0.39 is 0 Å². The predicted molar refractivity (Wildman–Crippen MR) is 125 cm³/mol. The van der Waals surface area contributed by atoms with Crippen molar-refractivity contribution in [2.24, 2.45) is 0 Å².